The summed E-state index contributed by atoms with van der Waals surface area (Å²) in [5.41, 5.74) is 7.78. The molecule has 2 aromatic rings. The van der Waals surface area contributed by atoms with Crippen LogP contribution < -0.4 is 5.73 Å². The van der Waals surface area contributed by atoms with Crippen LogP contribution in [-0.4, -0.2) is 0 Å². The predicted octanol–water partition coefficient (Wildman–Crippen LogP) is 3.52. The standard InChI is InChI=1S/C13H11F2N/c1-8-6-10(14)3-4-11(8)9-2-5-13(16)12(15)7-9/h2-7H,16H2,1H3. The fourth-order valence-corrected chi connectivity index (χ4v) is 1.65. The van der Waals surface area contributed by atoms with Gasteiger partial charge in [-0.05, 0) is 47.9 Å². The highest BCUT2D eigenvalue weighted by Crippen LogP contribution is 2.26. The third kappa shape index (κ3) is 1.89. The number of hydrogen-bond acceptors (Lipinski definition) is 1. The molecule has 2 rings (SSSR count). The van der Waals surface area contributed by atoms with Gasteiger partial charge in [0.15, 0.2) is 0 Å². The van der Waals surface area contributed by atoms with E-state index < -0.39 is 5.82 Å². The van der Waals surface area contributed by atoms with Gasteiger partial charge in [0.2, 0.25) is 0 Å². The van der Waals surface area contributed by atoms with Crippen molar-refractivity contribution in [3.63, 3.8) is 0 Å². The quantitative estimate of drug-likeness (QED) is 0.729. The normalized spacial score (nSPS) is 10.4. The van der Waals surface area contributed by atoms with Crippen molar-refractivity contribution in [3.05, 3.63) is 53.6 Å². The van der Waals surface area contributed by atoms with E-state index in [2.05, 4.69) is 0 Å². The first-order chi connectivity index (χ1) is 7.58. The molecule has 0 unspecified atom stereocenters. The number of nitrogens with two attached hydrogens (primary N) is 1. The first kappa shape index (κ1) is 10.6. The average molecular weight is 219 g/mol. The molecule has 0 aliphatic heterocycles. The van der Waals surface area contributed by atoms with Crippen LogP contribution in [0.4, 0.5) is 14.5 Å². The second kappa shape index (κ2) is 3.93. The summed E-state index contributed by atoms with van der Waals surface area (Å²) >= 11 is 0. The minimum Gasteiger partial charge on any atom is -0.396 e. The van der Waals surface area contributed by atoms with Gasteiger partial charge in [0, 0.05) is 0 Å². The van der Waals surface area contributed by atoms with Crippen LogP contribution in [-0.2, 0) is 0 Å². The lowest BCUT2D eigenvalue weighted by atomic mass is 10.0. The molecule has 0 saturated carbocycles. The minimum atomic E-state index is -0.457. The largest absolute Gasteiger partial charge is 0.396 e. The van der Waals surface area contributed by atoms with Crippen LogP contribution in [0.25, 0.3) is 11.1 Å². The Labute approximate surface area is 92.5 Å². The molecular formula is C13H11F2N. The van der Waals surface area contributed by atoms with E-state index in [1.54, 1.807) is 19.1 Å². The van der Waals surface area contributed by atoms with Crippen molar-refractivity contribution >= 4 is 5.69 Å². The molecule has 0 aliphatic rings. The smallest absolute Gasteiger partial charge is 0.146 e. The molecule has 0 fully saturated rings. The second-order valence-electron chi connectivity index (χ2n) is 3.70. The zero-order valence-electron chi connectivity index (χ0n) is 8.80. The maximum Gasteiger partial charge on any atom is 0.146 e. The highest BCUT2D eigenvalue weighted by molar-refractivity contribution is 5.69. The molecule has 0 heterocycles. The minimum absolute atomic E-state index is 0.114. The van der Waals surface area contributed by atoms with Gasteiger partial charge in [-0.15, -0.1) is 0 Å². The maximum absolute atomic E-state index is 13.3. The Bertz CT molecular complexity index is 535. The number of benzene rings is 2. The number of anilines is 1. The Balaban J connectivity index is 2.54. The highest BCUT2D eigenvalue weighted by atomic mass is 19.1. The van der Waals surface area contributed by atoms with Gasteiger partial charge >= 0.3 is 0 Å². The van der Waals surface area contributed by atoms with Crippen molar-refractivity contribution in [1.82, 2.24) is 0 Å². The molecule has 3 heteroatoms. The van der Waals surface area contributed by atoms with Gasteiger partial charge in [-0.1, -0.05) is 12.1 Å². The van der Waals surface area contributed by atoms with E-state index >= 15 is 0 Å². The predicted molar refractivity (Wildman–Crippen MR) is 60.9 cm³/mol. The van der Waals surface area contributed by atoms with Gasteiger partial charge in [0.05, 0.1) is 5.69 Å². The summed E-state index contributed by atoms with van der Waals surface area (Å²) in [7, 11) is 0. The molecular weight excluding hydrogens is 208 g/mol. The van der Waals surface area contributed by atoms with Crippen LogP contribution in [0.1, 0.15) is 5.56 Å². The third-order valence-electron chi connectivity index (χ3n) is 2.50. The third-order valence-corrected chi connectivity index (χ3v) is 2.50. The molecule has 16 heavy (non-hydrogen) atoms. The van der Waals surface area contributed by atoms with Crippen molar-refractivity contribution in [2.75, 3.05) is 5.73 Å². The number of rotatable bonds is 1. The molecule has 0 saturated heterocycles. The van der Waals surface area contributed by atoms with Crippen molar-refractivity contribution in [2.45, 2.75) is 6.92 Å². The Hall–Kier alpha value is -1.90. The lowest BCUT2D eigenvalue weighted by Crippen LogP contribution is -1.91. The van der Waals surface area contributed by atoms with Crippen LogP contribution in [0.15, 0.2) is 36.4 Å². The van der Waals surface area contributed by atoms with Crippen LogP contribution in [0.5, 0.6) is 0 Å². The fourth-order valence-electron chi connectivity index (χ4n) is 1.65. The molecule has 0 bridgehead atoms. The first-order valence-corrected chi connectivity index (χ1v) is 4.89. The number of halogens is 2. The topological polar surface area (TPSA) is 26.0 Å². The summed E-state index contributed by atoms with van der Waals surface area (Å²) in [4.78, 5) is 0. The van der Waals surface area contributed by atoms with Crippen molar-refractivity contribution in [1.29, 1.82) is 0 Å². The number of nitrogen functional groups attached to an aromatic ring is 1. The maximum atomic E-state index is 13.3. The second-order valence-corrected chi connectivity index (χ2v) is 3.70. The van der Waals surface area contributed by atoms with E-state index in [1.165, 1.54) is 24.3 Å². The summed E-state index contributed by atoms with van der Waals surface area (Å²) in [6.07, 6.45) is 0. The summed E-state index contributed by atoms with van der Waals surface area (Å²) in [6, 6.07) is 9.00. The van der Waals surface area contributed by atoms with Crippen molar-refractivity contribution < 1.29 is 8.78 Å². The Morgan fingerprint density at radius 1 is 1.00 bits per heavy atom. The van der Waals surface area contributed by atoms with E-state index in [0.717, 1.165) is 11.1 Å². The van der Waals surface area contributed by atoms with Gasteiger partial charge in [0.1, 0.15) is 11.6 Å². The SMILES string of the molecule is Cc1cc(F)ccc1-c1ccc(N)c(F)c1. The molecule has 2 aromatic carbocycles. The van der Waals surface area contributed by atoms with E-state index in [0.29, 0.717) is 5.56 Å². The highest BCUT2D eigenvalue weighted by Gasteiger charge is 2.05. The summed E-state index contributed by atoms with van der Waals surface area (Å²) in [6.45, 7) is 1.78. The molecule has 2 N–H and O–H groups in total. The average Bonchev–Trinajstić information content (AvgIpc) is 2.22. The Morgan fingerprint density at radius 2 is 1.75 bits per heavy atom. The van der Waals surface area contributed by atoms with Gasteiger partial charge in [-0.2, -0.15) is 0 Å². The Morgan fingerprint density at radius 3 is 2.38 bits per heavy atom. The lowest BCUT2D eigenvalue weighted by molar-refractivity contribution is 0.627. The van der Waals surface area contributed by atoms with Crippen LogP contribution >= 0.6 is 0 Å². The van der Waals surface area contributed by atoms with E-state index in [9.17, 15) is 8.78 Å². The van der Waals surface area contributed by atoms with Gasteiger partial charge in [-0.3, -0.25) is 0 Å². The molecule has 0 spiro atoms. The van der Waals surface area contributed by atoms with Crippen molar-refractivity contribution in [2.24, 2.45) is 0 Å². The first-order valence-electron chi connectivity index (χ1n) is 4.89. The van der Waals surface area contributed by atoms with Crippen LogP contribution in [0.3, 0.4) is 0 Å². The molecule has 0 radical (unpaired) electrons. The molecule has 1 nitrogen and oxygen atoms in total. The Kier molecular flexibility index (Phi) is 2.60. The van der Waals surface area contributed by atoms with Gasteiger partial charge in [0.25, 0.3) is 0 Å². The summed E-state index contributed by atoms with van der Waals surface area (Å²) < 4.78 is 26.2. The summed E-state index contributed by atoms with van der Waals surface area (Å²) in [5, 5.41) is 0. The van der Waals surface area contributed by atoms with Crippen LogP contribution in [0, 0.1) is 18.6 Å². The van der Waals surface area contributed by atoms with E-state index in [1.807, 2.05) is 0 Å². The zero-order valence-corrected chi connectivity index (χ0v) is 8.80. The molecule has 82 valence electrons. The van der Waals surface area contributed by atoms with Gasteiger partial charge in [-0.25, -0.2) is 8.78 Å². The zero-order chi connectivity index (χ0) is 11.7. The van der Waals surface area contributed by atoms with Gasteiger partial charge < -0.3 is 5.73 Å². The van der Waals surface area contributed by atoms with Crippen molar-refractivity contribution in [3.8, 4) is 11.1 Å². The summed E-state index contributed by atoms with van der Waals surface area (Å²) in [5.74, 6) is -0.751. The molecule has 0 aliphatic carbocycles. The molecule has 0 amide bonds. The molecule has 0 aromatic heterocycles. The van der Waals surface area contributed by atoms with E-state index in [-0.39, 0.29) is 11.5 Å². The van der Waals surface area contributed by atoms with E-state index in [4.69, 9.17) is 5.73 Å². The number of hydrogen-bond donors (Lipinski definition) is 1. The number of aryl methyl sites for hydroxylation is 1. The monoisotopic (exact) mass is 219 g/mol. The lowest BCUT2D eigenvalue weighted by Gasteiger charge is -2.07. The molecule has 0 atom stereocenters. The van der Waals surface area contributed by atoms with Crippen LogP contribution in [0.2, 0.25) is 0 Å². The fraction of sp³-hybridized carbons (Fsp3) is 0.0769.